The second kappa shape index (κ2) is 4.94. The van der Waals surface area contributed by atoms with Gasteiger partial charge in [-0.3, -0.25) is 0 Å². The van der Waals surface area contributed by atoms with E-state index in [0.29, 0.717) is 0 Å². The van der Waals surface area contributed by atoms with Gasteiger partial charge in [0, 0.05) is 24.6 Å². The minimum Gasteiger partial charge on any atom is -0.356 e. The maximum Gasteiger partial charge on any atom is 0.167 e. The quantitative estimate of drug-likeness (QED) is 0.786. The molecule has 2 rings (SSSR count). The Morgan fingerprint density at radius 1 is 1.19 bits per heavy atom. The van der Waals surface area contributed by atoms with Crippen molar-refractivity contribution in [3.8, 4) is 11.3 Å². The van der Waals surface area contributed by atoms with E-state index in [1.807, 2.05) is 36.4 Å². The standard InChI is InChI=1S/C13H16N2O/c1-15(2)9-8-12-10-13(16-14-12)11-6-4-3-5-7-11/h3-7,10H,8-9H2,1-2H3. The second-order valence-corrected chi connectivity index (χ2v) is 4.10. The summed E-state index contributed by atoms with van der Waals surface area (Å²) in [6, 6.07) is 12.0. The Labute approximate surface area is 95.7 Å². The van der Waals surface area contributed by atoms with Crippen molar-refractivity contribution in [2.75, 3.05) is 20.6 Å². The van der Waals surface area contributed by atoms with E-state index >= 15 is 0 Å². The highest BCUT2D eigenvalue weighted by atomic mass is 16.5. The van der Waals surface area contributed by atoms with Gasteiger partial charge in [-0.15, -0.1) is 0 Å². The Balaban J connectivity index is 2.08. The zero-order valence-electron chi connectivity index (χ0n) is 9.68. The van der Waals surface area contributed by atoms with Crippen molar-refractivity contribution in [1.29, 1.82) is 0 Å². The number of hydrogen-bond acceptors (Lipinski definition) is 3. The van der Waals surface area contributed by atoms with Crippen molar-refractivity contribution in [2.24, 2.45) is 0 Å². The average Bonchev–Trinajstić information content (AvgIpc) is 2.76. The molecule has 0 saturated carbocycles. The molecule has 84 valence electrons. The van der Waals surface area contributed by atoms with Crippen molar-refractivity contribution in [2.45, 2.75) is 6.42 Å². The van der Waals surface area contributed by atoms with Gasteiger partial charge in [0.2, 0.25) is 0 Å². The lowest BCUT2D eigenvalue weighted by atomic mass is 10.1. The van der Waals surface area contributed by atoms with E-state index in [1.165, 1.54) is 0 Å². The van der Waals surface area contributed by atoms with Gasteiger partial charge in [0.1, 0.15) is 0 Å². The predicted octanol–water partition coefficient (Wildman–Crippen LogP) is 2.45. The molecular formula is C13H16N2O. The lowest BCUT2D eigenvalue weighted by Crippen LogP contribution is -2.15. The number of benzene rings is 1. The molecule has 0 unspecified atom stereocenters. The Hall–Kier alpha value is -1.61. The summed E-state index contributed by atoms with van der Waals surface area (Å²) >= 11 is 0. The lowest BCUT2D eigenvalue weighted by molar-refractivity contribution is 0.392. The highest BCUT2D eigenvalue weighted by Gasteiger charge is 2.06. The highest BCUT2D eigenvalue weighted by molar-refractivity contribution is 5.56. The number of aromatic nitrogens is 1. The third-order valence-corrected chi connectivity index (χ3v) is 2.43. The fourth-order valence-electron chi connectivity index (χ4n) is 1.51. The second-order valence-electron chi connectivity index (χ2n) is 4.10. The SMILES string of the molecule is CN(C)CCc1cc(-c2ccccc2)on1. The van der Waals surface area contributed by atoms with Gasteiger partial charge < -0.3 is 9.42 Å². The summed E-state index contributed by atoms with van der Waals surface area (Å²) in [6.45, 7) is 0.987. The zero-order valence-corrected chi connectivity index (χ0v) is 9.68. The van der Waals surface area contributed by atoms with E-state index in [-0.39, 0.29) is 0 Å². The van der Waals surface area contributed by atoms with Gasteiger partial charge in [-0.05, 0) is 14.1 Å². The molecule has 0 radical (unpaired) electrons. The van der Waals surface area contributed by atoms with Crippen molar-refractivity contribution >= 4 is 0 Å². The van der Waals surface area contributed by atoms with E-state index in [1.54, 1.807) is 0 Å². The summed E-state index contributed by atoms with van der Waals surface area (Å²) in [6.07, 6.45) is 0.920. The molecule has 0 bridgehead atoms. The molecule has 0 amide bonds. The molecule has 0 N–H and O–H groups in total. The first-order valence-electron chi connectivity index (χ1n) is 5.41. The molecule has 0 aliphatic rings. The fourth-order valence-corrected chi connectivity index (χ4v) is 1.51. The van der Waals surface area contributed by atoms with Gasteiger partial charge in [0.15, 0.2) is 5.76 Å². The molecular weight excluding hydrogens is 200 g/mol. The number of nitrogens with zero attached hydrogens (tertiary/aromatic N) is 2. The molecule has 1 aromatic heterocycles. The maximum atomic E-state index is 5.31. The molecule has 16 heavy (non-hydrogen) atoms. The maximum absolute atomic E-state index is 5.31. The Kier molecular flexibility index (Phi) is 3.37. The third kappa shape index (κ3) is 2.70. The van der Waals surface area contributed by atoms with Gasteiger partial charge in [-0.1, -0.05) is 35.5 Å². The van der Waals surface area contributed by atoms with Crippen molar-refractivity contribution in [1.82, 2.24) is 10.1 Å². The Morgan fingerprint density at radius 3 is 2.62 bits per heavy atom. The first-order valence-corrected chi connectivity index (χ1v) is 5.41. The van der Waals surface area contributed by atoms with Crippen LogP contribution < -0.4 is 0 Å². The smallest absolute Gasteiger partial charge is 0.167 e. The molecule has 2 aromatic rings. The summed E-state index contributed by atoms with van der Waals surface area (Å²) in [5.41, 5.74) is 2.08. The molecule has 3 heteroatoms. The summed E-state index contributed by atoms with van der Waals surface area (Å²) in [7, 11) is 4.11. The van der Waals surface area contributed by atoms with Gasteiger partial charge in [0.05, 0.1) is 5.69 Å². The van der Waals surface area contributed by atoms with Gasteiger partial charge >= 0.3 is 0 Å². The van der Waals surface area contributed by atoms with Crippen LogP contribution in [0.4, 0.5) is 0 Å². The monoisotopic (exact) mass is 216 g/mol. The Morgan fingerprint density at radius 2 is 1.94 bits per heavy atom. The summed E-state index contributed by atoms with van der Waals surface area (Å²) < 4.78 is 5.31. The highest BCUT2D eigenvalue weighted by Crippen LogP contribution is 2.19. The van der Waals surface area contributed by atoms with Gasteiger partial charge in [0.25, 0.3) is 0 Å². The minimum atomic E-state index is 0.842. The van der Waals surface area contributed by atoms with E-state index in [9.17, 15) is 0 Å². The number of likely N-dealkylation sites (N-methyl/N-ethyl adjacent to an activating group) is 1. The normalized spacial score (nSPS) is 10.9. The van der Waals surface area contributed by atoms with Gasteiger partial charge in [-0.2, -0.15) is 0 Å². The molecule has 1 heterocycles. The van der Waals surface area contributed by atoms with Crippen LogP contribution in [0.15, 0.2) is 40.9 Å². The number of hydrogen-bond donors (Lipinski definition) is 0. The average molecular weight is 216 g/mol. The Bertz CT molecular complexity index is 434. The largest absolute Gasteiger partial charge is 0.356 e. The third-order valence-electron chi connectivity index (χ3n) is 2.43. The van der Waals surface area contributed by atoms with Crippen molar-refractivity contribution < 1.29 is 4.52 Å². The summed E-state index contributed by atoms with van der Waals surface area (Å²) in [5, 5.41) is 4.06. The van der Waals surface area contributed by atoms with Crippen LogP contribution in [-0.2, 0) is 6.42 Å². The predicted molar refractivity (Wildman–Crippen MR) is 64.2 cm³/mol. The fraction of sp³-hybridized carbons (Fsp3) is 0.308. The van der Waals surface area contributed by atoms with Crippen LogP contribution in [0, 0.1) is 0 Å². The topological polar surface area (TPSA) is 29.3 Å². The van der Waals surface area contributed by atoms with E-state index < -0.39 is 0 Å². The van der Waals surface area contributed by atoms with E-state index in [4.69, 9.17) is 4.52 Å². The van der Waals surface area contributed by atoms with E-state index in [0.717, 1.165) is 30.0 Å². The molecule has 0 fully saturated rings. The van der Waals surface area contributed by atoms with Crippen LogP contribution >= 0.6 is 0 Å². The van der Waals surface area contributed by atoms with Crippen molar-refractivity contribution in [3.05, 3.63) is 42.1 Å². The molecule has 1 aromatic carbocycles. The molecule has 3 nitrogen and oxygen atoms in total. The van der Waals surface area contributed by atoms with E-state index in [2.05, 4.69) is 24.2 Å². The zero-order chi connectivity index (χ0) is 11.4. The van der Waals surface area contributed by atoms with Gasteiger partial charge in [-0.25, -0.2) is 0 Å². The first kappa shape index (κ1) is 10.9. The van der Waals surface area contributed by atoms with Crippen molar-refractivity contribution in [3.63, 3.8) is 0 Å². The molecule has 0 spiro atoms. The van der Waals surface area contributed by atoms with Crippen LogP contribution in [0.5, 0.6) is 0 Å². The molecule has 0 aliphatic carbocycles. The summed E-state index contributed by atoms with van der Waals surface area (Å²) in [5.74, 6) is 0.842. The van der Waals surface area contributed by atoms with Crippen LogP contribution in [0.2, 0.25) is 0 Å². The lowest BCUT2D eigenvalue weighted by Gasteiger charge is -2.05. The van der Waals surface area contributed by atoms with Crippen LogP contribution in [-0.4, -0.2) is 30.7 Å². The van der Waals surface area contributed by atoms with Crippen LogP contribution in [0.1, 0.15) is 5.69 Å². The molecule has 0 aliphatic heterocycles. The van der Waals surface area contributed by atoms with Crippen LogP contribution in [0.3, 0.4) is 0 Å². The summed E-state index contributed by atoms with van der Waals surface area (Å²) in [4.78, 5) is 2.14. The minimum absolute atomic E-state index is 0.842. The van der Waals surface area contributed by atoms with Crippen LogP contribution in [0.25, 0.3) is 11.3 Å². The first-order chi connectivity index (χ1) is 7.75. The molecule has 0 saturated heterocycles. The molecule has 0 atom stereocenters. The number of rotatable bonds is 4.